The summed E-state index contributed by atoms with van der Waals surface area (Å²) in [6.45, 7) is 2.26. The molecule has 0 heterocycles. The lowest BCUT2D eigenvalue weighted by Crippen LogP contribution is -2.13. The first-order chi connectivity index (χ1) is 17.6. The highest BCUT2D eigenvalue weighted by Gasteiger charge is 2.16. The quantitative estimate of drug-likeness (QED) is 0.0817. The molecule has 4 heteroatoms. The number of carbonyl (C=O) groups is 2. The van der Waals surface area contributed by atoms with Crippen LogP contribution >= 0.6 is 0 Å². The standard InChI is InChI=1S/C32H58O4/c1-2-3-4-5-6-7-15-18-21-24-27-30(32(35)36)28-25-22-19-16-13-11-9-8-10-12-14-17-20-23-26-29-31(33)34/h8,10-11,13,30H,2-7,9,12,14-29H2,1H3,(H,33,34)(H,35,36). The summed E-state index contributed by atoms with van der Waals surface area (Å²) in [5.74, 6) is -1.44. The predicted octanol–water partition coefficient (Wildman–Crippen LogP) is 10.3. The van der Waals surface area contributed by atoms with Gasteiger partial charge in [-0.2, -0.15) is 0 Å². The molecule has 0 bridgehead atoms. The van der Waals surface area contributed by atoms with Crippen LogP contribution in [0, 0.1) is 5.92 Å². The van der Waals surface area contributed by atoms with Crippen LogP contribution in [0.25, 0.3) is 0 Å². The summed E-state index contributed by atoms with van der Waals surface area (Å²) in [6, 6.07) is 0. The Bertz CT molecular complexity index is 552. The van der Waals surface area contributed by atoms with Crippen LogP contribution in [0.1, 0.15) is 161 Å². The van der Waals surface area contributed by atoms with Gasteiger partial charge >= 0.3 is 11.9 Å². The van der Waals surface area contributed by atoms with Crippen molar-refractivity contribution in [1.29, 1.82) is 0 Å². The number of carboxylic acid groups (broad SMARTS) is 2. The smallest absolute Gasteiger partial charge is 0.306 e. The Hall–Kier alpha value is -1.58. The van der Waals surface area contributed by atoms with Crippen molar-refractivity contribution in [2.45, 2.75) is 161 Å². The molecular formula is C32H58O4. The van der Waals surface area contributed by atoms with E-state index in [4.69, 9.17) is 5.11 Å². The van der Waals surface area contributed by atoms with Crippen molar-refractivity contribution >= 4 is 11.9 Å². The predicted molar refractivity (Wildman–Crippen MR) is 154 cm³/mol. The van der Waals surface area contributed by atoms with Crippen molar-refractivity contribution in [3.8, 4) is 0 Å². The topological polar surface area (TPSA) is 74.6 Å². The summed E-state index contributed by atoms with van der Waals surface area (Å²) in [6.07, 6.45) is 35.7. The average molecular weight is 507 g/mol. The first-order valence-corrected chi connectivity index (χ1v) is 15.3. The Kier molecular flexibility index (Phi) is 26.8. The Morgan fingerprint density at radius 3 is 1.44 bits per heavy atom. The van der Waals surface area contributed by atoms with E-state index in [1.54, 1.807) is 0 Å². The van der Waals surface area contributed by atoms with Gasteiger partial charge in [-0.15, -0.1) is 0 Å². The molecule has 0 spiro atoms. The van der Waals surface area contributed by atoms with Crippen molar-refractivity contribution in [2.75, 3.05) is 0 Å². The molecule has 0 rings (SSSR count). The van der Waals surface area contributed by atoms with E-state index in [1.807, 2.05) is 0 Å². The van der Waals surface area contributed by atoms with Crippen molar-refractivity contribution < 1.29 is 19.8 Å². The highest BCUT2D eigenvalue weighted by atomic mass is 16.4. The molecule has 0 fully saturated rings. The van der Waals surface area contributed by atoms with E-state index >= 15 is 0 Å². The fourth-order valence-electron chi connectivity index (χ4n) is 4.67. The van der Waals surface area contributed by atoms with E-state index < -0.39 is 11.9 Å². The SMILES string of the molecule is CCCCCCCCCCCCC(CCCCCC=CCC=CCCCCCCCC(=O)O)C(=O)O. The first kappa shape index (κ1) is 34.4. The van der Waals surface area contributed by atoms with Gasteiger partial charge in [0.2, 0.25) is 0 Å². The molecule has 0 aromatic rings. The van der Waals surface area contributed by atoms with Crippen LogP contribution in [-0.2, 0) is 9.59 Å². The van der Waals surface area contributed by atoms with Crippen LogP contribution in [0.2, 0.25) is 0 Å². The molecule has 36 heavy (non-hydrogen) atoms. The second-order valence-corrected chi connectivity index (χ2v) is 10.5. The number of carboxylic acids is 2. The van der Waals surface area contributed by atoms with E-state index in [0.29, 0.717) is 6.42 Å². The maximum Gasteiger partial charge on any atom is 0.306 e. The maximum atomic E-state index is 11.6. The summed E-state index contributed by atoms with van der Waals surface area (Å²) < 4.78 is 0. The summed E-state index contributed by atoms with van der Waals surface area (Å²) in [7, 11) is 0. The monoisotopic (exact) mass is 506 g/mol. The molecular weight excluding hydrogens is 448 g/mol. The van der Waals surface area contributed by atoms with Crippen LogP contribution in [0.5, 0.6) is 0 Å². The highest BCUT2D eigenvalue weighted by molar-refractivity contribution is 5.69. The molecule has 4 nitrogen and oxygen atoms in total. The Balaban J connectivity index is 3.53. The highest BCUT2D eigenvalue weighted by Crippen LogP contribution is 2.19. The number of allylic oxidation sites excluding steroid dienone is 4. The number of rotatable bonds is 28. The lowest BCUT2D eigenvalue weighted by atomic mass is 9.94. The fourth-order valence-corrected chi connectivity index (χ4v) is 4.67. The molecule has 0 radical (unpaired) electrons. The third-order valence-corrected chi connectivity index (χ3v) is 7.05. The zero-order valence-electron chi connectivity index (χ0n) is 23.6. The molecule has 0 aliphatic carbocycles. The lowest BCUT2D eigenvalue weighted by Gasteiger charge is -2.12. The van der Waals surface area contributed by atoms with E-state index in [-0.39, 0.29) is 5.92 Å². The third-order valence-electron chi connectivity index (χ3n) is 7.05. The molecule has 0 saturated carbocycles. The number of hydrogen-bond donors (Lipinski definition) is 2. The normalized spacial score (nSPS) is 12.6. The van der Waals surface area contributed by atoms with Gasteiger partial charge in [0.15, 0.2) is 0 Å². The Morgan fingerprint density at radius 2 is 0.972 bits per heavy atom. The van der Waals surface area contributed by atoms with Crippen LogP contribution in [0.4, 0.5) is 0 Å². The number of hydrogen-bond acceptors (Lipinski definition) is 2. The molecule has 0 aliphatic rings. The van der Waals surface area contributed by atoms with Gasteiger partial charge in [0.1, 0.15) is 0 Å². The zero-order valence-corrected chi connectivity index (χ0v) is 23.6. The fraction of sp³-hybridized carbons (Fsp3) is 0.812. The second kappa shape index (κ2) is 28.0. The lowest BCUT2D eigenvalue weighted by molar-refractivity contribution is -0.142. The van der Waals surface area contributed by atoms with Crippen molar-refractivity contribution in [2.24, 2.45) is 5.92 Å². The van der Waals surface area contributed by atoms with Crippen LogP contribution in [-0.4, -0.2) is 22.2 Å². The molecule has 2 N–H and O–H groups in total. The van der Waals surface area contributed by atoms with Gasteiger partial charge in [-0.1, -0.05) is 128 Å². The van der Waals surface area contributed by atoms with Gasteiger partial charge in [0.05, 0.1) is 5.92 Å². The zero-order chi connectivity index (χ0) is 26.5. The summed E-state index contributed by atoms with van der Waals surface area (Å²) in [5, 5.41) is 18.1. The number of unbranched alkanes of at least 4 members (excludes halogenated alkanes) is 17. The van der Waals surface area contributed by atoms with Gasteiger partial charge in [-0.25, -0.2) is 0 Å². The molecule has 1 unspecified atom stereocenters. The minimum absolute atomic E-state index is 0.149. The summed E-state index contributed by atoms with van der Waals surface area (Å²) >= 11 is 0. The van der Waals surface area contributed by atoms with E-state index in [0.717, 1.165) is 77.0 Å². The second-order valence-electron chi connectivity index (χ2n) is 10.5. The van der Waals surface area contributed by atoms with Crippen LogP contribution in [0.15, 0.2) is 24.3 Å². The first-order valence-electron chi connectivity index (χ1n) is 15.3. The summed E-state index contributed by atoms with van der Waals surface area (Å²) in [5.41, 5.74) is 0. The largest absolute Gasteiger partial charge is 0.481 e. The van der Waals surface area contributed by atoms with Crippen LogP contribution < -0.4 is 0 Å². The Labute approximate surface area is 223 Å². The van der Waals surface area contributed by atoms with Gasteiger partial charge < -0.3 is 10.2 Å². The average Bonchev–Trinajstić information content (AvgIpc) is 2.85. The van der Waals surface area contributed by atoms with E-state index in [2.05, 4.69) is 31.2 Å². The van der Waals surface area contributed by atoms with Gasteiger partial charge in [-0.3, -0.25) is 9.59 Å². The minimum Gasteiger partial charge on any atom is -0.481 e. The molecule has 0 saturated heterocycles. The van der Waals surface area contributed by atoms with Crippen LogP contribution in [0.3, 0.4) is 0 Å². The maximum absolute atomic E-state index is 11.6. The van der Waals surface area contributed by atoms with Crippen molar-refractivity contribution in [1.82, 2.24) is 0 Å². The summed E-state index contributed by atoms with van der Waals surface area (Å²) in [4.78, 5) is 22.0. The molecule has 210 valence electrons. The van der Waals surface area contributed by atoms with E-state index in [1.165, 1.54) is 70.6 Å². The molecule has 0 aliphatic heterocycles. The molecule has 0 aromatic carbocycles. The molecule has 1 atom stereocenters. The van der Waals surface area contributed by atoms with Gasteiger partial charge in [0, 0.05) is 6.42 Å². The minimum atomic E-state index is -0.687. The van der Waals surface area contributed by atoms with Crippen molar-refractivity contribution in [3.05, 3.63) is 24.3 Å². The van der Waals surface area contributed by atoms with Gasteiger partial charge in [0.25, 0.3) is 0 Å². The number of aliphatic carboxylic acids is 2. The van der Waals surface area contributed by atoms with Gasteiger partial charge in [-0.05, 0) is 51.4 Å². The van der Waals surface area contributed by atoms with Crippen molar-refractivity contribution in [3.63, 3.8) is 0 Å². The molecule has 0 aromatic heterocycles. The third kappa shape index (κ3) is 27.0. The Morgan fingerprint density at radius 1 is 0.556 bits per heavy atom. The molecule has 0 amide bonds. The van der Waals surface area contributed by atoms with E-state index in [9.17, 15) is 14.7 Å².